The lowest BCUT2D eigenvalue weighted by molar-refractivity contribution is -0.162. The summed E-state index contributed by atoms with van der Waals surface area (Å²) in [5.41, 5.74) is 1.88. The van der Waals surface area contributed by atoms with Crippen LogP contribution >= 0.6 is 0 Å². The molecule has 31 heavy (non-hydrogen) atoms. The lowest BCUT2D eigenvalue weighted by atomic mass is 9.98. The van der Waals surface area contributed by atoms with Crippen molar-refractivity contribution in [2.75, 3.05) is 23.7 Å². The predicted octanol–water partition coefficient (Wildman–Crippen LogP) is 2.68. The first-order valence-corrected chi connectivity index (χ1v) is 11.7. The number of ether oxygens (including phenoxy) is 1. The van der Waals surface area contributed by atoms with Gasteiger partial charge in [-0.3, -0.25) is 9.52 Å². The number of carbonyl (C=O) groups is 1. The summed E-state index contributed by atoms with van der Waals surface area (Å²) in [7, 11) is -3.44. The molecule has 1 aliphatic heterocycles. The zero-order chi connectivity index (χ0) is 22.6. The Bertz CT molecular complexity index is 994. The molecule has 9 heteroatoms. The fraction of sp³-hybridized carbons (Fsp3) is 0.409. The van der Waals surface area contributed by atoms with Gasteiger partial charge in [0.15, 0.2) is 0 Å². The predicted molar refractivity (Wildman–Crippen MR) is 115 cm³/mol. The Morgan fingerprint density at radius 1 is 1.16 bits per heavy atom. The summed E-state index contributed by atoms with van der Waals surface area (Å²) in [5.74, 6) is -0.606. The second kappa shape index (κ2) is 9.76. The van der Waals surface area contributed by atoms with Crippen LogP contribution in [0.25, 0.3) is 0 Å². The second-order valence-electron chi connectivity index (χ2n) is 8.03. The molecule has 2 atom stereocenters. The number of rotatable bonds is 8. The van der Waals surface area contributed by atoms with Crippen molar-refractivity contribution in [2.45, 2.75) is 32.5 Å². The summed E-state index contributed by atoms with van der Waals surface area (Å²) in [5, 5.41) is 10.00. The Labute approximate surface area is 181 Å². The molecule has 0 bridgehead atoms. The van der Waals surface area contributed by atoms with E-state index in [1.165, 1.54) is 17.0 Å². The quantitative estimate of drug-likeness (QED) is 0.645. The van der Waals surface area contributed by atoms with Crippen LogP contribution in [0.2, 0.25) is 0 Å². The Morgan fingerprint density at radius 2 is 1.81 bits per heavy atom. The zero-order valence-electron chi connectivity index (χ0n) is 17.5. The number of benzene rings is 2. The fourth-order valence-electron chi connectivity index (χ4n) is 3.61. The molecule has 0 radical (unpaired) electrons. The zero-order valence-corrected chi connectivity index (χ0v) is 18.3. The smallest absolute Gasteiger partial charge is 0.249 e. The van der Waals surface area contributed by atoms with E-state index in [4.69, 9.17) is 4.74 Å². The average Bonchev–Trinajstić information content (AvgIpc) is 2.70. The molecule has 2 aromatic carbocycles. The van der Waals surface area contributed by atoms with Crippen molar-refractivity contribution in [3.8, 4) is 0 Å². The van der Waals surface area contributed by atoms with E-state index >= 15 is 0 Å². The van der Waals surface area contributed by atoms with Crippen LogP contribution in [0.4, 0.5) is 10.1 Å². The fourth-order valence-corrected chi connectivity index (χ4v) is 5.07. The number of carbonyl (C=O) groups excluding carboxylic acids is 1. The second-order valence-corrected chi connectivity index (χ2v) is 9.80. The van der Waals surface area contributed by atoms with Crippen LogP contribution < -0.4 is 4.72 Å². The minimum atomic E-state index is -3.44. The molecule has 0 spiro atoms. The van der Waals surface area contributed by atoms with Gasteiger partial charge in [0.2, 0.25) is 15.9 Å². The Balaban J connectivity index is 1.76. The van der Waals surface area contributed by atoms with E-state index in [0.717, 1.165) is 5.56 Å². The van der Waals surface area contributed by atoms with Crippen molar-refractivity contribution in [3.63, 3.8) is 0 Å². The number of amides is 1. The maximum atomic E-state index is 13.2. The van der Waals surface area contributed by atoms with Gasteiger partial charge < -0.3 is 14.7 Å². The highest BCUT2D eigenvalue weighted by Crippen LogP contribution is 2.31. The summed E-state index contributed by atoms with van der Waals surface area (Å²) in [4.78, 5) is 14.0. The highest BCUT2D eigenvalue weighted by atomic mass is 32.2. The molecule has 0 aliphatic carbocycles. The van der Waals surface area contributed by atoms with E-state index in [-0.39, 0.29) is 43.2 Å². The van der Waals surface area contributed by atoms with E-state index in [0.29, 0.717) is 11.3 Å². The van der Waals surface area contributed by atoms with Gasteiger partial charge in [-0.25, -0.2) is 12.8 Å². The maximum Gasteiger partial charge on any atom is 0.249 e. The summed E-state index contributed by atoms with van der Waals surface area (Å²) < 4.78 is 45.7. The number of aliphatic hydroxyl groups excluding tert-OH is 1. The lowest BCUT2D eigenvalue weighted by Crippen LogP contribution is -2.52. The van der Waals surface area contributed by atoms with Crippen molar-refractivity contribution in [1.82, 2.24) is 4.90 Å². The summed E-state index contributed by atoms with van der Waals surface area (Å²) in [6.45, 7) is 3.41. The van der Waals surface area contributed by atoms with Crippen molar-refractivity contribution in [3.05, 3.63) is 65.5 Å². The molecule has 1 saturated heterocycles. The number of sulfonamides is 1. The van der Waals surface area contributed by atoms with Crippen LogP contribution in [-0.4, -0.2) is 49.3 Å². The van der Waals surface area contributed by atoms with Gasteiger partial charge in [-0.2, -0.15) is 0 Å². The number of nitrogens with zero attached hydrogens (tertiary/aromatic N) is 1. The average molecular weight is 451 g/mol. The highest BCUT2D eigenvalue weighted by molar-refractivity contribution is 7.92. The largest absolute Gasteiger partial charge is 0.394 e. The van der Waals surface area contributed by atoms with Crippen molar-refractivity contribution in [1.29, 1.82) is 0 Å². The van der Waals surface area contributed by atoms with Gasteiger partial charge in [0.05, 0.1) is 18.4 Å². The van der Waals surface area contributed by atoms with E-state index in [2.05, 4.69) is 4.72 Å². The number of nitrogens with one attached hydrogen (secondary N) is 1. The Kier molecular flexibility index (Phi) is 7.30. The minimum absolute atomic E-state index is 0.00218. The number of hydrogen-bond donors (Lipinski definition) is 2. The minimum Gasteiger partial charge on any atom is -0.394 e. The molecule has 0 unspecified atom stereocenters. The topological polar surface area (TPSA) is 95.9 Å². The molecular weight excluding hydrogens is 423 g/mol. The first-order chi connectivity index (χ1) is 14.7. The Morgan fingerprint density at radius 3 is 2.39 bits per heavy atom. The van der Waals surface area contributed by atoms with Crippen LogP contribution in [0.3, 0.4) is 0 Å². The van der Waals surface area contributed by atoms with E-state index in [1.807, 2.05) is 13.8 Å². The molecule has 168 valence electrons. The molecule has 0 aromatic heterocycles. The van der Waals surface area contributed by atoms with Gasteiger partial charge in [0.25, 0.3) is 0 Å². The molecule has 0 saturated carbocycles. The molecule has 1 heterocycles. The molecule has 1 fully saturated rings. The first-order valence-electron chi connectivity index (χ1n) is 10.1. The monoisotopic (exact) mass is 450 g/mol. The molecular formula is C22H27FN2O5S. The third-order valence-electron chi connectivity index (χ3n) is 4.98. The first kappa shape index (κ1) is 23.2. The third-order valence-corrected chi connectivity index (χ3v) is 6.63. The number of aliphatic hydroxyl groups is 1. The lowest BCUT2D eigenvalue weighted by Gasteiger charge is -2.40. The van der Waals surface area contributed by atoms with Crippen LogP contribution in [0.1, 0.15) is 31.1 Å². The van der Waals surface area contributed by atoms with Crippen molar-refractivity contribution < 1.29 is 27.4 Å². The third kappa shape index (κ3) is 6.03. The van der Waals surface area contributed by atoms with Crippen LogP contribution in [0.5, 0.6) is 0 Å². The highest BCUT2D eigenvalue weighted by Gasteiger charge is 2.37. The van der Waals surface area contributed by atoms with Gasteiger partial charge in [-0.05, 0) is 41.3 Å². The van der Waals surface area contributed by atoms with Crippen molar-refractivity contribution in [2.24, 2.45) is 5.92 Å². The van der Waals surface area contributed by atoms with Crippen LogP contribution in [0.15, 0.2) is 48.5 Å². The van der Waals surface area contributed by atoms with Crippen LogP contribution in [0, 0.1) is 11.7 Å². The number of morpholine rings is 1. The standard InChI is InChI=1S/C22H27FN2O5S/c1-15(2)14-31(28,29)24-19-9-5-17(6-10-19)22-20(12-26)25(21(27)13-30-22)11-16-3-7-18(23)8-4-16/h3-10,15,20,22,24,26H,11-14H2,1-2H3/t20-,22-/m1/s1. The molecule has 2 aromatic rings. The van der Waals surface area contributed by atoms with Gasteiger partial charge >= 0.3 is 0 Å². The SMILES string of the molecule is CC(C)CS(=O)(=O)Nc1ccc([C@H]2OCC(=O)N(Cc3ccc(F)cc3)[C@@H]2CO)cc1. The molecule has 2 N–H and O–H groups in total. The van der Waals surface area contributed by atoms with Gasteiger partial charge in [-0.15, -0.1) is 0 Å². The van der Waals surface area contributed by atoms with Crippen molar-refractivity contribution >= 4 is 21.6 Å². The molecule has 7 nitrogen and oxygen atoms in total. The normalized spacial score (nSPS) is 19.6. The molecule has 1 aliphatic rings. The van der Waals surface area contributed by atoms with Gasteiger partial charge in [-0.1, -0.05) is 38.1 Å². The van der Waals surface area contributed by atoms with Crippen LogP contribution in [-0.2, 0) is 26.1 Å². The molecule has 3 rings (SSSR count). The number of hydrogen-bond acceptors (Lipinski definition) is 5. The van der Waals surface area contributed by atoms with E-state index < -0.39 is 22.2 Å². The summed E-state index contributed by atoms with van der Waals surface area (Å²) >= 11 is 0. The maximum absolute atomic E-state index is 13.2. The molecule has 1 amide bonds. The summed E-state index contributed by atoms with van der Waals surface area (Å²) in [6, 6.07) is 11.9. The van der Waals surface area contributed by atoms with Gasteiger partial charge in [0.1, 0.15) is 18.5 Å². The number of halogens is 1. The summed E-state index contributed by atoms with van der Waals surface area (Å²) in [6.07, 6.45) is -0.579. The number of anilines is 1. The van der Waals surface area contributed by atoms with Gasteiger partial charge in [0, 0.05) is 12.2 Å². The Hall–Kier alpha value is -2.49. The van der Waals surface area contributed by atoms with E-state index in [1.54, 1.807) is 36.4 Å². The van der Waals surface area contributed by atoms with E-state index in [9.17, 15) is 22.7 Å².